The molecule has 0 spiro atoms. The lowest BCUT2D eigenvalue weighted by atomic mass is 9.75. The lowest BCUT2D eigenvalue weighted by Crippen LogP contribution is -2.64. The molecule has 0 aliphatic carbocycles. The number of amides is 1. The highest BCUT2D eigenvalue weighted by atomic mass is 35.5. The number of likely N-dealkylation sites (tertiary alicyclic amines) is 1. The van der Waals surface area contributed by atoms with Crippen molar-refractivity contribution >= 4 is 43.8 Å². The summed E-state index contributed by atoms with van der Waals surface area (Å²) in [5.74, 6) is -0.991. The number of ether oxygens (including phenoxy) is 1. The Balaban J connectivity index is 0. The second-order valence-corrected chi connectivity index (χ2v) is 5.78. The second-order valence-electron chi connectivity index (χ2n) is 5.78. The molecule has 1 amide bonds. The number of hydrogen-bond acceptors (Lipinski definition) is 7. The number of nitrogens with zero attached hydrogens (tertiary/aromatic N) is 1. The zero-order valence-corrected chi connectivity index (χ0v) is 14.9. The summed E-state index contributed by atoms with van der Waals surface area (Å²) in [6.07, 6.45) is 0.924. The standard InChI is InChI=1S/C12H24BN3O5.2ClH/c1-8(14)10(17)16-6-9(3-4-13(19)20)5-12(15,7-16)11(18)21-2;;/h8-9,19-20H,3-7,14-15H2,1-2H3;2*1H/t8-,9-,12+;;/m0../s1. The average Bonchev–Trinajstić information content (AvgIpc) is 2.42. The monoisotopic (exact) mass is 373 g/mol. The fourth-order valence-corrected chi connectivity index (χ4v) is 2.75. The smallest absolute Gasteiger partial charge is 0.451 e. The van der Waals surface area contributed by atoms with Gasteiger partial charge in [-0.05, 0) is 25.6 Å². The van der Waals surface area contributed by atoms with Gasteiger partial charge < -0.3 is 31.2 Å². The van der Waals surface area contributed by atoms with Crippen molar-refractivity contribution < 1.29 is 24.4 Å². The number of halogens is 2. The minimum atomic E-state index is -1.42. The first kappa shape index (κ1) is 24.7. The quantitative estimate of drug-likeness (QED) is 0.349. The predicted octanol–water partition coefficient (Wildman–Crippen LogP) is -1.24. The van der Waals surface area contributed by atoms with E-state index in [0.717, 1.165) is 0 Å². The Labute approximate surface area is 148 Å². The van der Waals surface area contributed by atoms with Crippen LogP contribution in [0.25, 0.3) is 0 Å². The summed E-state index contributed by atoms with van der Waals surface area (Å²) in [7, 11) is -0.176. The highest BCUT2D eigenvalue weighted by Crippen LogP contribution is 2.28. The highest BCUT2D eigenvalue weighted by Gasteiger charge is 2.45. The van der Waals surface area contributed by atoms with Gasteiger partial charge in [0.25, 0.3) is 0 Å². The van der Waals surface area contributed by atoms with Crippen LogP contribution in [0.2, 0.25) is 6.32 Å². The van der Waals surface area contributed by atoms with Gasteiger partial charge in [0.15, 0.2) is 0 Å². The first-order valence-electron chi connectivity index (χ1n) is 6.97. The van der Waals surface area contributed by atoms with E-state index in [9.17, 15) is 9.59 Å². The molecule has 8 nitrogen and oxygen atoms in total. The van der Waals surface area contributed by atoms with E-state index in [1.807, 2.05) is 0 Å². The third-order valence-electron chi connectivity index (χ3n) is 3.73. The number of nitrogens with two attached hydrogens (primary N) is 2. The van der Waals surface area contributed by atoms with Gasteiger partial charge in [-0.25, -0.2) is 4.79 Å². The number of esters is 1. The molecule has 0 bridgehead atoms. The molecule has 0 radical (unpaired) electrons. The van der Waals surface area contributed by atoms with Crippen LogP contribution in [0.1, 0.15) is 19.8 Å². The van der Waals surface area contributed by atoms with Crippen LogP contribution in [0.3, 0.4) is 0 Å². The Morgan fingerprint density at radius 1 is 1.43 bits per heavy atom. The van der Waals surface area contributed by atoms with Crippen molar-refractivity contribution in [2.45, 2.75) is 37.7 Å². The minimum Gasteiger partial charge on any atom is -0.468 e. The molecule has 1 fully saturated rings. The highest BCUT2D eigenvalue weighted by molar-refractivity contribution is 6.40. The van der Waals surface area contributed by atoms with Gasteiger partial charge in [0.1, 0.15) is 5.54 Å². The Bertz CT molecular complexity index is 403. The second kappa shape index (κ2) is 10.3. The largest absolute Gasteiger partial charge is 0.468 e. The normalized spacial score (nSPS) is 24.8. The predicted molar refractivity (Wildman–Crippen MR) is 91.4 cm³/mol. The zero-order chi connectivity index (χ0) is 16.2. The molecule has 136 valence electrons. The summed E-state index contributed by atoms with van der Waals surface area (Å²) in [4.78, 5) is 25.4. The fraction of sp³-hybridized carbons (Fsp3) is 0.833. The van der Waals surface area contributed by atoms with Gasteiger partial charge in [-0.15, -0.1) is 24.8 Å². The third-order valence-corrected chi connectivity index (χ3v) is 3.73. The Hall–Kier alpha value is -0.575. The first-order valence-corrected chi connectivity index (χ1v) is 6.97. The maximum Gasteiger partial charge on any atom is 0.451 e. The van der Waals surface area contributed by atoms with Crippen LogP contribution in [0.15, 0.2) is 0 Å². The molecular formula is C12H26BCl2N3O5. The lowest BCUT2D eigenvalue weighted by molar-refractivity contribution is -0.152. The molecule has 11 heteroatoms. The van der Waals surface area contributed by atoms with Gasteiger partial charge in [-0.2, -0.15) is 0 Å². The van der Waals surface area contributed by atoms with E-state index in [1.165, 1.54) is 12.0 Å². The van der Waals surface area contributed by atoms with Gasteiger partial charge in [0, 0.05) is 13.1 Å². The van der Waals surface area contributed by atoms with Crippen molar-refractivity contribution in [3.8, 4) is 0 Å². The molecule has 0 aromatic heterocycles. The summed E-state index contributed by atoms with van der Waals surface area (Å²) in [6.45, 7) is 2.01. The van der Waals surface area contributed by atoms with Crippen molar-refractivity contribution in [3.05, 3.63) is 0 Å². The Morgan fingerprint density at radius 2 is 2.00 bits per heavy atom. The maximum absolute atomic E-state index is 12.1. The lowest BCUT2D eigenvalue weighted by Gasteiger charge is -2.43. The van der Waals surface area contributed by atoms with Crippen LogP contribution >= 0.6 is 24.8 Å². The van der Waals surface area contributed by atoms with Crippen molar-refractivity contribution in [3.63, 3.8) is 0 Å². The number of rotatable bonds is 5. The van der Waals surface area contributed by atoms with Crippen LogP contribution in [0.4, 0.5) is 0 Å². The maximum atomic E-state index is 12.1. The Morgan fingerprint density at radius 3 is 2.43 bits per heavy atom. The molecule has 3 atom stereocenters. The van der Waals surface area contributed by atoms with E-state index in [1.54, 1.807) is 6.92 Å². The van der Waals surface area contributed by atoms with Crippen molar-refractivity contribution in [1.82, 2.24) is 4.90 Å². The van der Waals surface area contributed by atoms with Crippen molar-refractivity contribution in [1.29, 1.82) is 0 Å². The molecular weight excluding hydrogens is 348 g/mol. The van der Waals surface area contributed by atoms with Crippen molar-refractivity contribution in [2.75, 3.05) is 20.2 Å². The number of carbonyl (C=O) groups excluding carboxylic acids is 2. The average molecular weight is 374 g/mol. The summed E-state index contributed by atoms with van der Waals surface area (Å²) >= 11 is 0. The van der Waals surface area contributed by atoms with Gasteiger partial charge in [-0.1, -0.05) is 6.42 Å². The van der Waals surface area contributed by atoms with Crippen LogP contribution < -0.4 is 11.5 Å². The molecule has 0 aromatic rings. The molecule has 0 aromatic carbocycles. The summed E-state index contributed by atoms with van der Waals surface area (Å²) in [5.41, 5.74) is 10.4. The summed E-state index contributed by atoms with van der Waals surface area (Å²) in [5, 5.41) is 17.9. The number of carbonyl (C=O) groups is 2. The number of hydrogen-bond donors (Lipinski definition) is 4. The first-order chi connectivity index (χ1) is 9.69. The van der Waals surface area contributed by atoms with Gasteiger partial charge in [0.05, 0.1) is 13.2 Å². The molecule has 23 heavy (non-hydrogen) atoms. The van der Waals surface area contributed by atoms with Gasteiger partial charge in [0.2, 0.25) is 5.91 Å². The van der Waals surface area contributed by atoms with E-state index < -0.39 is 24.7 Å². The number of piperidine rings is 1. The molecule has 1 aliphatic heterocycles. The fourth-order valence-electron chi connectivity index (χ4n) is 2.75. The minimum absolute atomic E-state index is 0. The van der Waals surface area contributed by atoms with E-state index in [2.05, 4.69) is 0 Å². The van der Waals surface area contributed by atoms with Crippen LogP contribution in [-0.4, -0.2) is 65.7 Å². The van der Waals surface area contributed by atoms with Crippen LogP contribution in [-0.2, 0) is 14.3 Å². The molecule has 0 unspecified atom stereocenters. The molecule has 1 aliphatic rings. The van der Waals surface area contributed by atoms with Crippen molar-refractivity contribution in [2.24, 2.45) is 17.4 Å². The van der Waals surface area contributed by atoms with E-state index in [-0.39, 0.29) is 49.5 Å². The topological polar surface area (TPSA) is 139 Å². The van der Waals surface area contributed by atoms with E-state index in [0.29, 0.717) is 19.4 Å². The van der Waals surface area contributed by atoms with Crippen LogP contribution in [0, 0.1) is 5.92 Å². The number of methoxy groups -OCH3 is 1. The van der Waals surface area contributed by atoms with Gasteiger partial charge in [-0.3, -0.25) is 4.79 Å². The third kappa shape index (κ3) is 6.82. The van der Waals surface area contributed by atoms with Gasteiger partial charge >= 0.3 is 13.1 Å². The summed E-state index contributed by atoms with van der Waals surface area (Å²) in [6, 6.07) is -0.686. The molecule has 1 saturated heterocycles. The SMILES string of the molecule is COC(=O)[C@@]1(N)C[C@H](CCB(O)O)CN(C(=O)[C@H](C)N)C1.Cl.Cl. The van der Waals surface area contributed by atoms with E-state index in [4.69, 9.17) is 26.3 Å². The Kier molecular flexibility index (Phi) is 11.1. The molecule has 0 saturated carbocycles. The summed E-state index contributed by atoms with van der Waals surface area (Å²) < 4.78 is 4.72. The molecule has 1 heterocycles. The van der Waals surface area contributed by atoms with Crippen LogP contribution in [0.5, 0.6) is 0 Å². The zero-order valence-electron chi connectivity index (χ0n) is 13.3. The molecule has 1 rings (SSSR count). The van der Waals surface area contributed by atoms with E-state index >= 15 is 0 Å². The molecule has 6 N–H and O–H groups in total.